The van der Waals surface area contributed by atoms with Gasteiger partial charge in [-0.3, -0.25) is 4.98 Å². The molecule has 0 spiro atoms. The number of aromatic nitrogens is 1. The van der Waals surface area contributed by atoms with Crippen molar-refractivity contribution in [2.75, 3.05) is 0 Å². The molecule has 0 saturated carbocycles. The average molecular weight is 386 g/mol. The van der Waals surface area contributed by atoms with Crippen molar-refractivity contribution in [2.45, 2.75) is 71.6 Å². The third kappa shape index (κ3) is 6.56. The van der Waals surface area contributed by atoms with Gasteiger partial charge in [0, 0.05) is 17.5 Å². The molecule has 0 aliphatic carbocycles. The molecule has 1 heterocycles. The van der Waals surface area contributed by atoms with Crippen LogP contribution in [0.2, 0.25) is 0 Å². The van der Waals surface area contributed by atoms with Crippen LogP contribution in [0, 0.1) is 0 Å². The summed E-state index contributed by atoms with van der Waals surface area (Å²) >= 11 is 0. The maximum atomic E-state index is 4.65. The highest BCUT2D eigenvalue weighted by Crippen LogP contribution is 2.25. The third-order valence-electron chi connectivity index (χ3n) is 5.69. The van der Waals surface area contributed by atoms with Crippen molar-refractivity contribution >= 4 is 0 Å². The number of hydrogen-bond acceptors (Lipinski definition) is 1. The van der Waals surface area contributed by atoms with E-state index in [1.54, 1.807) is 0 Å². The first-order valence-electron chi connectivity index (χ1n) is 11.4. The van der Waals surface area contributed by atoms with Gasteiger partial charge < -0.3 is 0 Å². The van der Waals surface area contributed by atoms with E-state index in [9.17, 15) is 0 Å². The zero-order chi connectivity index (χ0) is 20.3. The average Bonchev–Trinajstić information content (AvgIpc) is 2.78. The lowest BCUT2D eigenvalue weighted by Crippen LogP contribution is -1.90. The van der Waals surface area contributed by atoms with Crippen LogP contribution in [0.25, 0.3) is 22.3 Å². The van der Waals surface area contributed by atoms with E-state index in [0.717, 1.165) is 6.42 Å². The smallest absolute Gasteiger partial charge is 0.0404 e. The van der Waals surface area contributed by atoms with E-state index < -0.39 is 0 Å². The van der Waals surface area contributed by atoms with Crippen LogP contribution in [0.1, 0.15) is 70.1 Å². The van der Waals surface area contributed by atoms with Gasteiger partial charge in [0.15, 0.2) is 0 Å². The Labute approximate surface area is 177 Å². The molecule has 1 nitrogen and oxygen atoms in total. The summed E-state index contributed by atoms with van der Waals surface area (Å²) < 4.78 is 0. The standard InChI is InChI=1S/C28H35N/c1-3-5-7-9-10-23-12-14-24(15-13-23)25-16-18-26(19-17-25)27-20-21-28(29-22-27)11-8-6-4-2/h12-22H,3-11H2,1-2H3. The predicted octanol–water partition coefficient (Wildman–Crippen LogP) is 8.27. The minimum absolute atomic E-state index is 1.08. The first kappa shape index (κ1) is 21.3. The van der Waals surface area contributed by atoms with Gasteiger partial charge in [-0.2, -0.15) is 0 Å². The summed E-state index contributed by atoms with van der Waals surface area (Å²) in [6, 6.07) is 22.3. The monoisotopic (exact) mass is 385 g/mol. The predicted molar refractivity (Wildman–Crippen MR) is 126 cm³/mol. The lowest BCUT2D eigenvalue weighted by atomic mass is 9.99. The lowest BCUT2D eigenvalue weighted by molar-refractivity contribution is 0.667. The molecule has 3 rings (SSSR count). The maximum Gasteiger partial charge on any atom is 0.0404 e. The highest BCUT2D eigenvalue weighted by atomic mass is 14.7. The zero-order valence-electron chi connectivity index (χ0n) is 18.2. The van der Waals surface area contributed by atoms with Crippen molar-refractivity contribution in [2.24, 2.45) is 0 Å². The van der Waals surface area contributed by atoms with Gasteiger partial charge in [-0.25, -0.2) is 0 Å². The summed E-state index contributed by atoms with van der Waals surface area (Å²) in [7, 11) is 0. The largest absolute Gasteiger partial charge is 0.261 e. The van der Waals surface area contributed by atoms with Gasteiger partial charge in [0.2, 0.25) is 0 Å². The number of benzene rings is 2. The van der Waals surface area contributed by atoms with E-state index in [4.69, 9.17) is 0 Å². The van der Waals surface area contributed by atoms with E-state index >= 15 is 0 Å². The Balaban J connectivity index is 1.59. The molecular formula is C28H35N. The Morgan fingerprint density at radius 3 is 1.62 bits per heavy atom. The number of aryl methyl sites for hydroxylation is 2. The normalized spacial score (nSPS) is 11.0. The van der Waals surface area contributed by atoms with E-state index in [0.29, 0.717) is 0 Å². The number of rotatable bonds is 11. The Morgan fingerprint density at radius 2 is 1.03 bits per heavy atom. The Hall–Kier alpha value is -2.41. The Kier molecular flexibility index (Phi) is 8.49. The Morgan fingerprint density at radius 1 is 0.517 bits per heavy atom. The highest BCUT2D eigenvalue weighted by Gasteiger charge is 2.03. The van der Waals surface area contributed by atoms with Crippen molar-refractivity contribution < 1.29 is 0 Å². The van der Waals surface area contributed by atoms with Gasteiger partial charge in [0.05, 0.1) is 0 Å². The number of hydrogen-bond donors (Lipinski definition) is 0. The quantitative estimate of drug-likeness (QED) is 0.303. The summed E-state index contributed by atoms with van der Waals surface area (Å²) in [6.45, 7) is 4.50. The fourth-order valence-corrected chi connectivity index (χ4v) is 3.77. The first-order chi connectivity index (χ1) is 14.3. The molecule has 2 aromatic carbocycles. The Bertz CT molecular complexity index is 829. The van der Waals surface area contributed by atoms with Crippen molar-refractivity contribution in [1.82, 2.24) is 4.98 Å². The number of nitrogens with zero attached hydrogens (tertiary/aromatic N) is 1. The molecule has 0 N–H and O–H groups in total. The van der Waals surface area contributed by atoms with Crippen LogP contribution >= 0.6 is 0 Å². The second-order valence-corrected chi connectivity index (χ2v) is 8.08. The van der Waals surface area contributed by atoms with Crippen LogP contribution in [-0.2, 0) is 12.8 Å². The van der Waals surface area contributed by atoms with Gasteiger partial charge in [-0.15, -0.1) is 0 Å². The summed E-state index contributed by atoms with van der Waals surface area (Å²) in [5.74, 6) is 0. The highest BCUT2D eigenvalue weighted by molar-refractivity contribution is 5.70. The molecule has 1 aromatic heterocycles. The molecule has 0 aliphatic heterocycles. The lowest BCUT2D eigenvalue weighted by Gasteiger charge is -2.07. The molecule has 29 heavy (non-hydrogen) atoms. The van der Waals surface area contributed by atoms with Crippen LogP contribution < -0.4 is 0 Å². The topological polar surface area (TPSA) is 12.9 Å². The molecule has 0 atom stereocenters. The van der Waals surface area contributed by atoms with Crippen LogP contribution in [0.3, 0.4) is 0 Å². The van der Waals surface area contributed by atoms with Crippen LogP contribution in [0.4, 0.5) is 0 Å². The number of unbranched alkanes of at least 4 members (excludes halogenated alkanes) is 5. The fourth-order valence-electron chi connectivity index (χ4n) is 3.77. The van der Waals surface area contributed by atoms with Crippen molar-refractivity contribution in [3.63, 3.8) is 0 Å². The summed E-state index contributed by atoms with van der Waals surface area (Å²) in [4.78, 5) is 4.65. The van der Waals surface area contributed by atoms with Gasteiger partial charge in [-0.05, 0) is 54.0 Å². The van der Waals surface area contributed by atoms with Crippen molar-refractivity contribution in [3.8, 4) is 22.3 Å². The summed E-state index contributed by atoms with van der Waals surface area (Å²) in [5, 5.41) is 0. The SMILES string of the molecule is CCCCCCc1ccc(-c2ccc(-c3ccc(CCCCC)nc3)cc2)cc1. The van der Waals surface area contributed by atoms with Gasteiger partial charge >= 0.3 is 0 Å². The van der Waals surface area contributed by atoms with Gasteiger partial charge in [0.1, 0.15) is 0 Å². The molecule has 0 radical (unpaired) electrons. The minimum atomic E-state index is 1.08. The molecular weight excluding hydrogens is 350 g/mol. The van der Waals surface area contributed by atoms with E-state index in [2.05, 4.69) is 79.5 Å². The molecule has 0 aliphatic rings. The third-order valence-corrected chi connectivity index (χ3v) is 5.69. The number of pyridine rings is 1. The summed E-state index contributed by atoms with van der Waals surface area (Å²) in [6.07, 6.45) is 13.4. The first-order valence-corrected chi connectivity index (χ1v) is 11.4. The van der Waals surface area contributed by atoms with Crippen LogP contribution in [0.5, 0.6) is 0 Å². The molecule has 0 amide bonds. The van der Waals surface area contributed by atoms with E-state index in [1.807, 2.05) is 6.20 Å². The molecule has 152 valence electrons. The van der Waals surface area contributed by atoms with Crippen molar-refractivity contribution in [1.29, 1.82) is 0 Å². The fraction of sp³-hybridized carbons (Fsp3) is 0.393. The van der Waals surface area contributed by atoms with Gasteiger partial charge in [0.25, 0.3) is 0 Å². The van der Waals surface area contributed by atoms with E-state index in [1.165, 1.54) is 84.9 Å². The molecule has 0 saturated heterocycles. The van der Waals surface area contributed by atoms with Crippen molar-refractivity contribution in [3.05, 3.63) is 78.1 Å². The van der Waals surface area contributed by atoms with Crippen LogP contribution in [-0.4, -0.2) is 4.98 Å². The molecule has 0 fully saturated rings. The second kappa shape index (κ2) is 11.6. The minimum Gasteiger partial charge on any atom is -0.261 e. The maximum absolute atomic E-state index is 4.65. The second-order valence-electron chi connectivity index (χ2n) is 8.08. The zero-order valence-corrected chi connectivity index (χ0v) is 18.2. The molecule has 0 bridgehead atoms. The molecule has 1 heteroatoms. The van der Waals surface area contributed by atoms with Gasteiger partial charge in [-0.1, -0.05) is 101 Å². The summed E-state index contributed by atoms with van der Waals surface area (Å²) in [5.41, 5.74) is 7.64. The molecule has 0 unspecified atom stereocenters. The molecule has 3 aromatic rings. The van der Waals surface area contributed by atoms with E-state index in [-0.39, 0.29) is 0 Å². The van der Waals surface area contributed by atoms with Crippen LogP contribution in [0.15, 0.2) is 66.9 Å².